The Kier molecular flexibility index (Phi) is 8.51. The fourth-order valence-corrected chi connectivity index (χ4v) is 7.27. The van der Waals surface area contributed by atoms with Crippen molar-refractivity contribution in [3.05, 3.63) is 177 Å². The van der Waals surface area contributed by atoms with E-state index in [1.165, 1.54) is 36.4 Å². The first-order valence-corrected chi connectivity index (χ1v) is 16.4. The van der Waals surface area contributed by atoms with Crippen LogP contribution < -0.4 is 9.47 Å². The van der Waals surface area contributed by atoms with Crippen molar-refractivity contribution in [3.8, 4) is 34.1 Å². The van der Waals surface area contributed by atoms with E-state index < -0.39 is 40.4 Å². The predicted molar refractivity (Wildman–Crippen MR) is 194 cm³/mol. The molecule has 0 radical (unpaired) electrons. The first kappa shape index (κ1) is 34.3. The molecule has 6 aromatic carbocycles. The molecule has 0 unspecified atom stereocenters. The van der Waals surface area contributed by atoms with Gasteiger partial charge in [-0.05, 0) is 119 Å². The molecule has 0 saturated heterocycles. The molecule has 0 saturated carbocycles. The molecular formula is C43H30O10. The number of fused-ring (bicyclic) bond motifs is 3. The smallest absolute Gasteiger partial charge is 0.336 e. The van der Waals surface area contributed by atoms with Crippen molar-refractivity contribution in [2.75, 3.05) is 0 Å². The molecule has 1 aliphatic carbocycles. The third-order valence-corrected chi connectivity index (χ3v) is 9.55. The highest BCUT2D eigenvalue weighted by Gasteiger charge is 2.47. The van der Waals surface area contributed by atoms with Gasteiger partial charge >= 0.3 is 23.9 Å². The van der Waals surface area contributed by atoms with Gasteiger partial charge in [0.2, 0.25) is 0 Å². The summed E-state index contributed by atoms with van der Waals surface area (Å²) in [5.74, 6) is -4.47. The molecule has 10 nitrogen and oxygen atoms in total. The lowest BCUT2D eigenvalue weighted by atomic mass is 9.65. The lowest BCUT2D eigenvalue weighted by molar-refractivity contribution is 0.0651. The average molecular weight is 707 g/mol. The highest BCUT2D eigenvalue weighted by molar-refractivity contribution is 6.02. The number of aromatic carboxylic acids is 4. The number of carbonyl (C=O) groups is 4. The zero-order chi connectivity index (χ0) is 37.6. The Morgan fingerprint density at radius 2 is 0.755 bits per heavy atom. The molecular weight excluding hydrogens is 676 g/mol. The van der Waals surface area contributed by atoms with Gasteiger partial charge in [-0.25, -0.2) is 19.2 Å². The van der Waals surface area contributed by atoms with Crippen molar-refractivity contribution in [2.45, 2.75) is 19.3 Å². The Morgan fingerprint density at radius 3 is 1.13 bits per heavy atom. The third-order valence-electron chi connectivity index (χ3n) is 9.55. The molecule has 7 rings (SSSR count). The van der Waals surface area contributed by atoms with E-state index in [9.17, 15) is 39.6 Å². The zero-order valence-corrected chi connectivity index (χ0v) is 28.3. The van der Waals surface area contributed by atoms with E-state index in [1.807, 2.05) is 62.4 Å². The molecule has 0 aromatic heterocycles. The van der Waals surface area contributed by atoms with Gasteiger partial charge in [-0.3, -0.25) is 0 Å². The molecule has 0 heterocycles. The number of benzene rings is 6. The zero-order valence-electron chi connectivity index (χ0n) is 28.3. The van der Waals surface area contributed by atoms with Gasteiger partial charge < -0.3 is 29.9 Å². The van der Waals surface area contributed by atoms with Gasteiger partial charge in [0.1, 0.15) is 23.0 Å². The summed E-state index contributed by atoms with van der Waals surface area (Å²) < 4.78 is 12.5. The molecule has 4 N–H and O–H groups in total. The van der Waals surface area contributed by atoms with Crippen LogP contribution in [-0.2, 0) is 5.41 Å². The van der Waals surface area contributed by atoms with Crippen molar-refractivity contribution >= 4 is 23.9 Å². The summed E-state index contributed by atoms with van der Waals surface area (Å²) in [7, 11) is 0. The van der Waals surface area contributed by atoms with E-state index in [0.29, 0.717) is 11.5 Å². The first-order chi connectivity index (χ1) is 25.4. The minimum absolute atomic E-state index is 0.143. The van der Waals surface area contributed by atoms with Crippen molar-refractivity contribution < 1.29 is 49.1 Å². The van der Waals surface area contributed by atoms with Crippen LogP contribution in [0.3, 0.4) is 0 Å². The van der Waals surface area contributed by atoms with Crippen LogP contribution in [0.5, 0.6) is 23.0 Å². The predicted octanol–water partition coefficient (Wildman–Crippen LogP) is 9.04. The molecule has 6 aromatic rings. The number of rotatable bonds is 10. The Balaban J connectivity index is 1.43. The van der Waals surface area contributed by atoms with Crippen molar-refractivity contribution in [1.82, 2.24) is 0 Å². The van der Waals surface area contributed by atoms with Gasteiger partial charge in [0.25, 0.3) is 0 Å². The third kappa shape index (κ3) is 5.81. The number of hydrogen-bond donors (Lipinski definition) is 4. The van der Waals surface area contributed by atoms with Crippen LogP contribution in [0.2, 0.25) is 0 Å². The van der Waals surface area contributed by atoms with Crippen LogP contribution >= 0.6 is 0 Å². The lowest BCUT2D eigenvalue weighted by Gasteiger charge is -2.36. The van der Waals surface area contributed by atoms with Crippen LogP contribution in [0.25, 0.3) is 11.1 Å². The van der Waals surface area contributed by atoms with Crippen molar-refractivity contribution in [3.63, 3.8) is 0 Å². The van der Waals surface area contributed by atoms with Crippen LogP contribution in [0.15, 0.2) is 121 Å². The SMILES string of the molecule is Cc1ccc(Oc2ccc(C(=O)O)c(C(=O)O)c2)cc1C1(c2cc(Oc3ccc(C(=O)O)c(C(=O)O)c3)ccc2C)c2ccccc2-c2ccccc21. The maximum atomic E-state index is 11.9. The number of hydrogen-bond acceptors (Lipinski definition) is 6. The second kappa shape index (κ2) is 13.2. The monoisotopic (exact) mass is 706 g/mol. The first-order valence-electron chi connectivity index (χ1n) is 16.4. The minimum atomic E-state index is -1.40. The fraction of sp³-hybridized carbons (Fsp3) is 0.0698. The van der Waals surface area contributed by atoms with E-state index in [2.05, 4.69) is 24.3 Å². The van der Waals surface area contributed by atoms with E-state index in [0.717, 1.165) is 44.5 Å². The number of aryl methyl sites for hydroxylation is 2. The summed E-state index contributed by atoms with van der Waals surface area (Å²) >= 11 is 0. The molecule has 10 heteroatoms. The Bertz CT molecular complexity index is 2340. The van der Waals surface area contributed by atoms with Gasteiger partial charge in [0.05, 0.1) is 27.7 Å². The quantitative estimate of drug-likeness (QED) is 0.108. The highest BCUT2D eigenvalue weighted by atomic mass is 16.5. The summed E-state index contributed by atoms with van der Waals surface area (Å²) in [5.41, 5.74) is 5.07. The summed E-state index contributed by atoms with van der Waals surface area (Å²) in [6.45, 7) is 3.98. The topological polar surface area (TPSA) is 168 Å². The van der Waals surface area contributed by atoms with Crippen molar-refractivity contribution in [2.24, 2.45) is 0 Å². The van der Waals surface area contributed by atoms with Gasteiger partial charge in [-0.2, -0.15) is 0 Å². The molecule has 0 atom stereocenters. The summed E-state index contributed by atoms with van der Waals surface area (Å²) in [4.78, 5) is 47.2. The van der Waals surface area contributed by atoms with Crippen LogP contribution in [0.4, 0.5) is 0 Å². The number of ether oxygens (including phenoxy) is 2. The molecule has 262 valence electrons. The van der Waals surface area contributed by atoms with Crippen LogP contribution in [0, 0.1) is 13.8 Å². The van der Waals surface area contributed by atoms with Gasteiger partial charge in [-0.1, -0.05) is 60.7 Å². The largest absolute Gasteiger partial charge is 0.478 e. The minimum Gasteiger partial charge on any atom is -0.478 e. The van der Waals surface area contributed by atoms with Gasteiger partial charge in [0, 0.05) is 0 Å². The fourth-order valence-electron chi connectivity index (χ4n) is 7.27. The highest BCUT2D eigenvalue weighted by Crippen LogP contribution is 2.58. The number of carboxylic acid groups (broad SMARTS) is 4. The van der Waals surface area contributed by atoms with Crippen LogP contribution in [0.1, 0.15) is 74.8 Å². The Morgan fingerprint density at radius 1 is 0.415 bits per heavy atom. The Labute approximate surface area is 302 Å². The average Bonchev–Trinajstić information content (AvgIpc) is 3.43. The normalized spacial score (nSPS) is 12.3. The summed E-state index contributed by atoms with van der Waals surface area (Å²) in [6, 6.07) is 34.9. The second-order valence-corrected chi connectivity index (χ2v) is 12.6. The molecule has 0 spiro atoms. The molecule has 0 fully saturated rings. The number of carboxylic acids is 4. The molecule has 0 amide bonds. The molecule has 0 bridgehead atoms. The standard InChI is InChI=1S/C43H30O10/c1-23-11-13-27(52-25-15-17-31(39(44)45)33(19-25)41(48)49)21-37(23)43(35-9-5-3-7-29(35)30-8-4-6-10-36(30)43)38-22-28(14-12-24(38)2)53-26-16-18-32(40(46)47)34(20-26)42(50)51/h3-22H,1-2H3,(H,44,45)(H,46,47)(H,48,49)(H,50,51). The molecule has 0 aliphatic heterocycles. The maximum absolute atomic E-state index is 11.9. The van der Waals surface area contributed by atoms with E-state index in [-0.39, 0.29) is 22.6 Å². The van der Waals surface area contributed by atoms with E-state index in [4.69, 9.17) is 9.47 Å². The maximum Gasteiger partial charge on any atom is 0.336 e. The van der Waals surface area contributed by atoms with Crippen molar-refractivity contribution in [1.29, 1.82) is 0 Å². The summed E-state index contributed by atoms with van der Waals surface area (Å²) in [5, 5.41) is 38.4. The van der Waals surface area contributed by atoms with E-state index in [1.54, 1.807) is 12.1 Å². The second-order valence-electron chi connectivity index (χ2n) is 12.6. The van der Waals surface area contributed by atoms with Gasteiger partial charge in [0.15, 0.2) is 0 Å². The lowest BCUT2D eigenvalue weighted by Crippen LogP contribution is -2.30. The van der Waals surface area contributed by atoms with E-state index >= 15 is 0 Å². The van der Waals surface area contributed by atoms with Gasteiger partial charge in [-0.15, -0.1) is 0 Å². The molecule has 1 aliphatic rings. The van der Waals surface area contributed by atoms with Crippen LogP contribution in [-0.4, -0.2) is 44.3 Å². The summed E-state index contributed by atoms with van der Waals surface area (Å²) in [6.07, 6.45) is 0. The Hall–Kier alpha value is -7.20. The molecule has 53 heavy (non-hydrogen) atoms.